The number of carbonyl (C=O) groups excluding carboxylic acids is 2. The van der Waals surface area contributed by atoms with Crippen molar-refractivity contribution in [2.45, 2.75) is 23.8 Å². The summed E-state index contributed by atoms with van der Waals surface area (Å²) in [6.45, 7) is 0. The summed E-state index contributed by atoms with van der Waals surface area (Å²) in [6, 6.07) is 11.5. The van der Waals surface area contributed by atoms with Crippen LogP contribution >= 0.6 is 0 Å². The van der Waals surface area contributed by atoms with Gasteiger partial charge in [0.1, 0.15) is 0 Å². The van der Waals surface area contributed by atoms with Gasteiger partial charge in [-0.05, 0) is 42.2 Å². The SMILES string of the molecule is CN1C(=O)c2ccc(S(=O)(=O)NC3CCc4ccccc43)cc2C1=O. The lowest BCUT2D eigenvalue weighted by Crippen LogP contribution is -2.27. The Morgan fingerprint density at radius 3 is 2.56 bits per heavy atom. The van der Waals surface area contributed by atoms with E-state index in [4.69, 9.17) is 0 Å². The van der Waals surface area contributed by atoms with Gasteiger partial charge < -0.3 is 0 Å². The fraction of sp³-hybridized carbons (Fsp3) is 0.222. The highest BCUT2D eigenvalue weighted by molar-refractivity contribution is 7.89. The molecule has 7 heteroatoms. The van der Waals surface area contributed by atoms with Crippen LogP contribution in [0.4, 0.5) is 0 Å². The molecule has 0 aromatic heterocycles. The van der Waals surface area contributed by atoms with Crippen molar-refractivity contribution in [2.24, 2.45) is 0 Å². The lowest BCUT2D eigenvalue weighted by molar-refractivity contribution is 0.0693. The molecule has 25 heavy (non-hydrogen) atoms. The number of nitrogens with one attached hydrogen (secondary N) is 1. The smallest absolute Gasteiger partial charge is 0.261 e. The molecule has 1 heterocycles. The van der Waals surface area contributed by atoms with Crippen LogP contribution in [0.25, 0.3) is 0 Å². The molecule has 0 spiro atoms. The zero-order chi connectivity index (χ0) is 17.8. The fourth-order valence-corrected chi connectivity index (χ4v) is 4.72. The quantitative estimate of drug-likeness (QED) is 0.851. The van der Waals surface area contributed by atoms with E-state index in [1.807, 2.05) is 24.3 Å². The first-order chi connectivity index (χ1) is 11.9. The van der Waals surface area contributed by atoms with Crippen LogP contribution in [0.2, 0.25) is 0 Å². The minimum absolute atomic E-state index is 0.00733. The summed E-state index contributed by atoms with van der Waals surface area (Å²) in [5, 5.41) is 0. The third-order valence-corrected chi connectivity index (χ3v) is 6.27. The molecular weight excluding hydrogens is 340 g/mol. The zero-order valence-electron chi connectivity index (χ0n) is 13.5. The maximum atomic E-state index is 12.7. The molecule has 0 bridgehead atoms. The van der Waals surface area contributed by atoms with Gasteiger partial charge in [0.05, 0.1) is 16.0 Å². The third-order valence-electron chi connectivity index (χ3n) is 4.80. The molecule has 1 N–H and O–H groups in total. The Kier molecular flexibility index (Phi) is 3.52. The minimum Gasteiger partial charge on any atom is -0.277 e. The number of imide groups is 1. The minimum atomic E-state index is -3.80. The number of carbonyl (C=O) groups is 2. The second-order valence-corrected chi connectivity index (χ2v) is 8.00. The van der Waals surface area contributed by atoms with Crippen molar-refractivity contribution in [3.8, 4) is 0 Å². The monoisotopic (exact) mass is 356 g/mol. The van der Waals surface area contributed by atoms with E-state index in [2.05, 4.69) is 4.72 Å². The van der Waals surface area contributed by atoms with Crippen molar-refractivity contribution in [1.82, 2.24) is 9.62 Å². The summed E-state index contributed by atoms with van der Waals surface area (Å²) in [5.74, 6) is -0.898. The molecule has 0 fully saturated rings. The summed E-state index contributed by atoms with van der Waals surface area (Å²) in [4.78, 5) is 25.0. The number of amides is 2. The predicted octanol–water partition coefficient (Wildman–Crippen LogP) is 1.88. The summed E-state index contributed by atoms with van der Waals surface area (Å²) in [6.07, 6.45) is 1.52. The number of aryl methyl sites for hydroxylation is 1. The average Bonchev–Trinajstić information content (AvgIpc) is 3.10. The molecule has 128 valence electrons. The number of benzene rings is 2. The number of nitrogens with zero attached hydrogens (tertiary/aromatic N) is 1. The second kappa shape index (κ2) is 5.50. The standard InChI is InChI=1S/C18H16N2O4S/c1-20-17(21)14-8-7-12(10-15(14)18(20)22)25(23,24)19-16-9-6-11-4-2-3-5-13(11)16/h2-5,7-8,10,16,19H,6,9H2,1H3. The van der Waals surface area contributed by atoms with Crippen LogP contribution in [0, 0.1) is 0 Å². The average molecular weight is 356 g/mol. The van der Waals surface area contributed by atoms with Gasteiger partial charge >= 0.3 is 0 Å². The first-order valence-electron chi connectivity index (χ1n) is 7.95. The molecule has 0 radical (unpaired) electrons. The number of hydrogen-bond donors (Lipinski definition) is 1. The van der Waals surface area contributed by atoms with Crippen LogP contribution in [0.3, 0.4) is 0 Å². The number of rotatable bonds is 3. The van der Waals surface area contributed by atoms with Gasteiger partial charge in [0.15, 0.2) is 0 Å². The van der Waals surface area contributed by atoms with Crippen LogP contribution < -0.4 is 4.72 Å². The van der Waals surface area contributed by atoms with Gasteiger partial charge in [-0.15, -0.1) is 0 Å². The van der Waals surface area contributed by atoms with E-state index in [1.54, 1.807) is 0 Å². The van der Waals surface area contributed by atoms with E-state index in [0.29, 0.717) is 6.42 Å². The van der Waals surface area contributed by atoms with Crippen LogP contribution in [0.15, 0.2) is 47.4 Å². The van der Waals surface area contributed by atoms with Gasteiger partial charge in [-0.25, -0.2) is 13.1 Å². The summed E-state index contributed by atoms with van der Waals surface area (Å²) >= 11 is 0. The van der Waals surface area contributed by atoms with Crippen LogP contribution in [0.5, 0.6) is 0 Å². The molecule has 1 aliphatic heterocycles. The predicted molar refractivity (Wildman–Crippen MR) is 90.7 cm³/mol. The highest BCUT2D eigenvalue weighted by Crippen LogP contribution is 2.32. The maximum Gasteiger partial charge on any atom is 0.261 e. The number of fused-ring (bicyclic) bond motifs is 2. The number of sulfonamides is 1. The maximum absolute atomic E-state index is 12.7. The lowest BCUT2D eigenvalue weighted by Gasteiger charge is -2.14. The molecule has 0 saturated carbocycles. The van der Waals surface area contributed by atoms with Crippen molar-refractivity contribution in [3.05, 3.63) is 64.7 Å². The second-order valence-electron chi connectivity index (χ2n) is 6.29. The van der Waals surface area contributed by atoms with Gasteiger partial charge in [0.25, 0.3) is 11.8 Å². The van der Waals surface area contributed by atoms with E-state index >= 15 is 0 Å². The zero-order valence-corrected chi connectivity index (χ0v) is 14.3. The summed E-state index contributed by atoms with van der Waals surface area (Å²) in [5.41, 5.74) is 2.49. The molecule has 1 aliphatic carbocycles. The largest absolute Gasteiger partial charge is 0.277 e. The van der Waals surface area contributed by atoms with Crippen molar-refractivity contribution in [3.63, 3.8) is 0 Å². The Morgan fingerprint density at radius 2 is 1.76 bits per heavy atom. The molecule has 1 atom stereocenters. The van der Waals surface area contributed by atoms with Crippen LogP contribution in [-0.4, -0.2) is 32.2 Å². The Balaban J connectivity index is 1.67. The van der Waals surface area contributed by atoms with Crippen molar-refractivity contribution in [2.75, 3.05) is 7.05 Å². The van der Waals surface area contributed by atoms with E-state index in [0.717, 1.165) is 22.4 Å². The van der Waals surface area contributed by atoms with Gasteiger partial charge in [-0.1, -0.05) is 24.3 Å². The van der Waals surface area contributed by atoms with Crippen LogP contribution in [-0.2, 0) is 16.4 Å². The van der Waals surface area contributed by atoms with E-state index in [1.165, 1.54) is 25.2 Å². The Hall–Kier alpha value is -2.51. The fourth-order valence-electron chi connectivity index (χ4n) is 3.44. The Labute approximate surface area is 145 Å². The first kappa shape index (κ1) is 16.0. The van der Waals surface area contributed by atoms with E-state index in [-0.39, 0.29) is 22.1 Å². The molecule has 4 rings (SSSR count). The van der Waals surface area contributed by atoms with Gasteiger partial charge in [0, 0.05) is 13.1 Å². The summed E-state index contributed by atoms with van der Waals surface area (Å²) < 4.78 is 28.2. The van der Waals surface area contributed by atoms with Crippen molar-refractivity contribution >= 4 is 21.8 Å². The highest BCUT2D eigenvalue weighted by Gasteiger charge is 2.34. The highest BCUT2D eigenvalue weighted by atomic mass is 32.2. The van der Waals surface area contributed by atoms with Gasteiger partial charge in [-0.2, -0.15) is 0 Å². The normalized spacial score (nSPS) is 19.2. The van der Waals surface area contributed by atoms with E-state index in [9.17, 15) is 18.0 Å². The third kappa shape index (κ3) is 2.47. The Morgan fingerprint density at radius 1 is 1.04 bits per heavy atom. The van der Waals surface area contributed by atoms with Crippen molar-refractivity contribution in [1.29, 1.82) is 0 Å². The molecule has 1 unspecified atom stereocenters. The molecule has 0 saturated heterocycles. The molecule has 6 nitrogen and oxygen atoms in total. The lowest BCUT2D eigenvalue weighted by atomic mass is 10.1. The van der Waals surface area contributed by atoms with Gasteiger partial charge in [0.2, 0.25) is 10.0 Å². The van der Waals surface area contributed by atoms with Gasteiger partial charge in [-0.3, -0.25) is 14.5 Å². The van der Waals surface area contributed by atoms with E-state index < -0.39 is 21.8 Å². The molecule has 2 aromatic rings. The topological polar surface area (TPSA) is 83.6 Å². The molecule has 2 aromatic carbocycles. The number of hydrogen-bond acceptors (Lipinski definition) is 4. The van der Waals surface area contributed by atoms with Crippen LogP contribution in [0.1, 0.15) is 44.3 Å². The van der Waals surface area contributed by atoms with Crippen molar-refractivity contribution < 1.29 is 18.0 Å². The molecular formula is C18H16N2O4S. The first-order valence-corrected chi connectivity index (χ1v) is 9.43. The summed E-state index contributed by atoms with van der Waals surface area (Å²) in [7, 11) is -2.42. The molecule has 2 amide bonds. The molecule has 2 aliphatic rings. The Bertz CT molecular complexity index is 1010.